The van der Waals surface area contributed by atoms with Crippen LogP contribution in [0.2, 0.25) is 0 Å². The molecular formula is C14H16N2O2. The summed E-state index contributed by atoms with van der Waals surface area (Å²) in [6, 6.07) is 9.23. The predicted molar refractivity (Wildman–Crippen MR) is 70.9 cm³/mol. The van der Waals surface area contributed by atoms with Crippen molar-refractivity contribution in [1.82, 2.24) is 4.98 Å². The Morgan fingerprint density at radius 2 is 2.06 bits per heavy atom. The summed E-state index contributed by atoms with van der Waals surface area (Å²) in [4.78, 5) is 14.8. The van der Waals surface area contributed by atoms with Crippen molar-refractivity contribution < 1.29 is 9.53 Å². The Morgan fingerprint density at radius 1 is 1.33 bits per heavy atom. The largest absolute Gasteiger partial charge is 0.497 e. The van der Waals surface area contributed by atoms with Crippen LogP contribution in [-0.4, -0.2) is 18.0 Å². The molecule has 0 aliphatic rings. The highest BCUT2D eigenvalue weighted by molar-refractivity contribution is 5.92. The fourth-order valence-electron chi connectivity index (χ4n) is 1.73. The average molecular weight is 244 g/mol. The van der Waals surface area contributed by atoms with Gasteiger partial charge in [-0.1, -0.05) is 0 Å². The van der Waals surface area contributed by atoms with Gasteiger partial charge in [0.05, 0.1) is 13.5 Å². The minimum atomic E-state index is -0.0285. The highest BCUT2D eigenvalue weighted by Crippen LogP contribution is 2.15. The van der Waals surface area contributed by atoms with E-state index in [2.05, 4.69) is 10.3 Å². The Balaban J connectivity index is 1.94. The Bertz CT molecular complexity index is 529. The number of carbonyl (C=O) groups is 1. The molecule has 1 amide bonds. The number of hydrogen-bond acceptors (Lipinski definition) is 2. The van der Waals surface area contributed by atoms with E-state index in [1.165, 1.54) is 0 Å². The SMILES string of the molecule is COc1ccc(NC(=O)Cc2c[nH]c(C)c2)cc1. The molecule has 0 unspecified atom stereocenters. The number of benzene rings is 1. The van der Waals surface area contributed by atoms with Gasteiger partial charge >= 0.3 is 0 Å². The summed E-state index contributed by atoms with van der Waals surface area (Å²) in [5.41, 5.74) is 2.81. The van der Waals surface area contributed by atoms with Crippen LogP contribution in [0.1, 0.15) is 11.3 Å². The number of ether oxygens (including phenoxy) is 1. The Kier molecular flexibility index (Phi) is 3.67. The lowest BCUT2D eigenvalue weighted by molar-refractivity contribution is -0.115. The summed E-state index contributed by atoms with van der Waals surface area (Å²) in [5.74, 6) is 0.744. The third-order valence-corrected chi connectivity index (χ3v) is 2.63. The second-order valence-corrected chi connectivity index (χ2v) is 4.14. The third kappa shape index (κ3) is 3.13. The van der Waals surface area contributed by atoms with Crippen molar-refractivity contribution in [3.05, 3.63) is 47.8 Å². The number of anilines is 1. The lowest BCUT2D eigenvalue weighted by Gasteiger charge is -2.05. The van der Waals surface area contributed by atoms with Gasteiger partial charge in [-0.3, -0.25) is 4.79 Å². The van der Waals surface area contributed by atoms with E-state index in [1.54, 1.807) is 7.11 Å². The average Bonchev–Trinajstić information content (AvgIpc) is 2.75. The van der Waals surface area contributed by atoms with Crippen molar-refractivity contribution >= 4 is 11.6 Å². The number of aromatic amines is 1. The smallest absolute Gasteiger partial charge is 0.228 e. The van der Waals surface area contributed by atoms with E-state index in [1.807, 2.05) is 43.5 Å². The monoisotopic (exact) mass is 244 g/mol. The number of aryl methyl sites for hydroxylation is 1. The van der Waals surface area contributed by atoms with Crippen LogP contribution < -0.4 is 10.1 Å². The van der Waals surface area contributed by atoms with Crippen molar-refractivity contribution in [3.8, 4) is 5.75 Å². The molecule has 1 aromatic heterocycles. The molecule has 94 valence electrons. The summed E-state index contributed by atoms with van der Waals surface area (Å²) in [6.07, 6.45) is 2.22. The Morgan fingerprint density at radius 3 is 2.61 bits per heavy atom. The van der Waals surface area contributed by atoms with Gasteiger partial charge in [-0.25, -0.2) is 0 Å². The minimum Gasteiger partial charge on any atom is -0.497 e. The number of H-pyrrole nitrogens is 1. The van der Waals surface area contributed by atoms with Crippen molar-refractivity contribution in [1.29, 1.82) is 0 Å². The maximum atomic E-state index is 11.8. The van der Waals surface area contributed by atoms with E-state index in [4.69, 9.17) is 4.74 Å². The van der Waals surface area contributed by atoms with Gasteiger partial charge in [-0.05, 0) is 42.8 Å². The lowest BCUT2D eigenvalue weighted by atomic mass is 10.2. The molecule has 2 aromatic rings. The number of rotatable bonds is 4. The van der Waals surface area contributed by atoms with Crippen LogP contribution in [0.25, 0.3) is 0 Å². The van der Waals surface area contributed by atoms with Crippen LogP contribution >= 0.6 is 0 Å². The first-order chi connectivity index (χ1) is 8.67. The summed E-state index contributed by atoms with van der Waals surface area (Å²) >= 11 is 0. The topological polar surface area (TPSA) is 54.1 Å². The molecule has 0 saturated heterocycles. The summed E-state index contributed by atoms with van der Waals surface area (Å²) in [5, 5.41) is 2.84. The molecule has 1 heterocycles. The molecule has 0 aliphatic carbocycles. The zero-order chi connectivity index (χ0) is 13.0. The van der Waals surface area contributed by atoms with Gasteiger partial charge in [0.2, 0.25) is 5.91 Å². The van der Waals surface area contributed by atoms with Crippen LogP contribution in [0.15, 0.2) is 36.5 Å². The van der Waals surface area contributed by atoms with Gasteiger partial charge in [0.1, 0.15) is 5.75 Å². The van der Waals surface area contributed by atoms with Crippen molar-refractivity contribution in [2.75, 3.05) is 12.4 Å². The molecule has 0 bridgehead atoms. The molecule has 0 saturated carbocycles. The van der Waals surface area contributed by atoms with Gasteiger partial charge in [0.25, 0.3) is 0 Å². The van der Waals surface area contributed by atoms with Crippen molar-refractivity contribution in [2.24, 2.45) is 0 Å². The molecule has 0 atom stereocenters. The molecule has 0 radical (unpaired) electrons. The van der Waals surface area contributed by atoms with Crippen molar-refractivity contribution in [3.63, 3.8) is 0 Å². The maximum Gasteiger partial charge on any atom is 0.228 e. The van der Waals surface area contributed by atoms with E-state index in [-0.39, 0.29) is 5.91 Å². The van der Waals surface area contributed by atoms with E-state index < -0.39 is 0 Å². The van der Waals surface area contributed by atoms with Crippen molar-refractivity contribution in [2.45, 2.75) is 13.3 Å². The normalized spacial score (nSPS) is 10.1. The quantitative estimate of drug-likeness (QED) is 0.868. The maximum absolute atomic E-state index is 11.8. The molecule has 4 heteroatoms. The number of methoxy groups -OCH3 is 1. The van der Waals surface area contributed by atoms with Gasteiger partial charge in [0, 0.05) is 17.6 Å². The van der Waals surface area contributed by atoms with Gasteiger partial charge in [-0.15, -0.1) is 0 Å². The zero-order valence-corrected chi connectivity index (χ0v) is 10.5. The van der Waals surface area contributed by atoms with E-state index in [9.17, 15) is 4.79 Å². The van der Waals surface area contributed by atoms with Crippen LogP contribution in [-0.2, 0) is 11.2 Å². The Labute approximate surface area is 106 Å². The predicted octanol–water partition coefficient (Wildman–Crippen LogP) is 2.51. The molecule has 4 nitrogen and oxygen atoms in total. The minimum absolute atomic E-state index is 0.0285. The van der Waals surface area contributed by atoms with Gasteiger partial charge in [-0.2, -0.15) is 0 Å². The molecule has 0 spiro atoms. The zero-order valence-electron chi connectivity index (χ0n) is 10.5. The molecule has 0 fully saturated rings. The summed E-state index contributed by atoms with van der Waals surface area (Å²) in [7, 11) is 1.61. The van der Waals surface area contributed by atoms with Crippen LogP contribution in [0.5, 0.6) is 5.75 Å². The van der Waals surface area contributed by atoms with E-state index >= 15 is 0 Å². The second kappa shape index (κ2) is 5.40. The molecular weight excluding hydrogens is 228 g/mol. The first kappa shape index (κ1) is 12.2. The first-order valence-electron chi connectivity index (χ1n) is 5.75. The lowest BCUT2D eigenvalue weighted by Crippen LogP contribution is -2.13. The first-order valence-corrected chi connectivity index (χ1v) is 5.75. The van der Waals surface area contributed by atoms with Gasteiger partial charge in [0.15, 0.2) is 0 Å². The van der Waals surface area contributed by atoms with Crippen LogP contribution in [0, 0.1) is 6.92 Å². The number of carbonyl (C=O) groups excluding carboxylic acids is 1. The van der Waals surface area contributed by atoms with Gasteiger partial charge < -0.3 is 15.0 Å². The molecule has 18 heavy (non-hydrogen) atoms. The fraction of sp³-hybridized carbons (Fsp3) is 0.214. The highest BCUT2D eigenvalue weighted by Gasteiger charge is 2.05. The highest BCUT2D eigenvalue weighted by atomic mass is 16.5. The second-order valence-electron chi connectivity index (χ2n) is 4.14. The molecule has 0 aliphatic heterocycles. The summed E-state index contributed by atoms with van der Waals surface area (Å²) in [6.45, 7) is 1.96. The Hall–Kier alpha value is -2.23. The molecule has 2 N–H and O–H groups in total. The fourth-order valence-corrected chi connectivity index (χ4v) is 1.73. The standard InChI is InChI=1S/C14H16N2O2/c1-10-7-11(9-15-10)8-14(17)16-12-3-5-13(18-2)6-4-12/h3-7,9,15H,8H2,1-2H3,(H,16,17). The van der Waals surface area contributed by atoms with E-state index in [0.29, 0.717) is 6.42 Å². The van der Waals surface area contributed by atoms with Crippen LogP contribution in [0.3, 0.4) is 0 Å². The molecule has 2 rings (SSSR count). The third-order valence-electron chi connectivity index (χ3n) is 2.63. The van der Waals surface area contributed by atoms with Crippen LogP contribution in [0.4, 0.5) is 5.69 Å². The van der Waals surface area contributed by atoms with E-state index in [0.717, 1.165) is 22.7 Å². The number of amides is 1. The number of nitrogens with one attached hydrogen (secondary N) is 2. The summed E-state index contributed by atoms with van der Waals surface area (Å²) < 4.78 is 5.06. The number of aromatic nitrogens is 1. The number of hydrogen-bond donors (Lipinski definition) is 2. The molecule has 1 aromatic carbocycles.